The first-order valence-electron chi connectivity index (χ1n) is 7.40. The van der Waals surface area contributed by atoms with Gasteiger partial charge < -0.3 is 4.98 Å². The van der Waals surface area contributed by atoms with E-state index in [9.17, 15) is 19.7 Å². The normalized spacial score (nSPS) is 12.3. The first-order valence-corrected chi connectivity index (χ1v) is 8.59. The van der Waals surface area contributed by atoms with E-state index >= 15 is 0 Å². The highest BCUT2D eigenvalue weighted by Crippen LogP contribution is 2.15. The summed E-state index contributed by atoms with van der Waals surface area (Å²) in [4.78, 5) is 37.1. The molecule has 1 heterocycles. The first kappa shape index (κ1) is 17.8. The standard InChI is InChI=1S/C18H11ClN2O4S/c19-14-4-2-1-3-13(14)15(22)10-17-20-18(23)16(26-17)9-11-5-7-12(8-6-11)21(24)25/h1-10H,(H,20,23)/b16-9-,17-10-. The molecule has 130 valence electrons. The molecule has 3 aromatic rings. The molecule has 0 aliphatic carbocycles. The lowest BCUT2D eigenvalue weighted by Crippen LogP contribution is -2.20. The number of non-ortho nitro benzene ring substituents is 1. The van der Waals surface area contributed by atoms with E-state index in [1.54, 1.807) is 42.5 Å². The lowest BCUT2D eigenvalue weighted by molar-refractivity contribution is -0.384. The van der Waals surface area contributed by atoms with Crippen LogP contribution in [0.2, 0.25) is 5.02 Å². The number of nitro groups is 1. The van der Waals surface area contributed by atoms with Crippen molar-refractivity contribution >= 4 is 46.6 Å². The van der Waals surface area contributed by atoms with E-state index < -0.39 is 4.92 Å². The number of aromatic amines is 1. The van der Waals surface area contributed by atoms with Crippen LogP contribution in [0.5, 0.6) is 0 Å². The minimum atomic E-state index is -0.491. The summed E-state index contributed by atoms with van der Waals surface area (Å²) >= 11 is 7.12. The van der Waals surface area contributed by atoms with Gasteiger partial charge in [0, 0.05) is 23.8 Å². The molecule has 0 unspecified atom stereocenters. The molecule has 1 aromatic heterocycles. The Kier molecular flexibility index (Phi) is 5.11. The summed E-state index contributed by atoms with van der Waals surface area (Å²) in [7, 11) is 0. The summed E-state index contributed by atoms with van der Waals surface area (Å²) in [5.74, 6) is -0.310. The van der Waals surface area contributed by atoms with Crippen molar-refractivity contribution in [2.75, 3.05) is 0 Å². The number of nitrogens with one attached hydrogen (secondary N) is 1. The second-order valence-electron chi connectivity index (χ2n) is 5.27. The zero-order chi connectivity index (χ0) is 18.7. The maximum Gasteiger partial charge on any atom is 0.269 e. The third-order valence-corrected chi connectivity index (χ3v) is 4.78. The molecule has 2 aromatic carbocycles. The van der Waals surface area contributed by atoms with Gasteiger partial charge in [0.15, 0.2) is 5.78 Å². The number of nitrogens with zero attached hydrogens (tertiary/aromatic N) is 1. The number of hydrogen-bond acceptors (Lipinski definition) is 5. The molecule has 0 aliphatic heterocycles. The van der Waals surface area contributed by atoms with Crippen molar-refractivity contribution in [1.82, 2.24) is 4.98 Å². The minimum Gasteiger partial charge on any atom is -0.313 e. The van der Waals surface area contributed by atoms with Gasteiger partial charge in [-0.2, -0.15) is 0 Å². The van der Waals surface area contributed by atoms with Gasteiger partial charge in [0.25, 0.3) is 11.2 Å². The summed E-state index contributed by atoms with van der Waals surface area (Å²) in [5.41, 5.74) is 0.629. The van der Waals surface area contributed by atoms with Crippen molar-refractivity contribution in [3.05, 3.63) is 94.3 Å². The van der Waals surface area contributed by atoms with Crippen LogP contribution in [0.1, 0.15) is 15.9 Å². The highest BCUT2D eigenvalue weighted by Gasteiger charge is 2.07. The smallest absolute Gasteiger partial charge is 0.269 e. The molecule has 3 rings (SSSR count). The van der Waals surface area contributed by atoms with Crippen LogP contribution in [0.3, 0.4) is 0 Å². The third-order valence-electron chi connectivity index (χ3n) is 3.48. The van der Waals surface area contributed by atoms with Gasteiger partial charge in [-0.1, -0.05) is 23.7 Å². The average molecular weight is 387 g/mol. The molecule has 0 fully saturated rings. The van der Waals surface area contributed by atoms with E-state index in [1.165, 1.54) is 18.2 Å². The number of carbonyl (C=O) groups excluding carboxylic acids is 1. The van der Waals surface area contributed by atoms with Crippen LogP contribution < -0.4 is 14.8 Å². The van der Waals surface area contributed by atoms with Crippen LogP contribution >= 0.6 is 22.9 Å². The zero-order valence-electron chi connectivity index (χ0n) is 13.1. The van der Waals surface area contributed by atoms with E-state index in [1.807, 2.05) is 0 Å². The summed E-state index contributed by atoms with van der Waals surface area (Å²) in [6.07, 6.45) is 2.92. The lowest BCUT2D eigenvalue weighted by atomic mass is 10.1. The second kappa shape index (κ2) is 7.47. The number of aromatic nitrogens is 1. The Bertz CT molecular complexity index is 1160. The predicted octanol–water partition coefficient (Wildman–Crippen LogP) is 2.49. The number of H-pyrrole nitrogens is 1. The van der Waals surface area contributed by atoms with Crippen LogP contribution in [0, 0.1) is 10.1 Å². The van der Waals surface area contributed by atoms with E-state index in [2.05, 4.69) is 4.98 Å². The highest BCUT2D eigenvalue weighted by atomic mass is 35.5. The molecule has 0 aliphatic rings. The van der Waals surface area contributed by atoms with Crippen LogP contribution in [-0.4, -0.2) is 15.7 Å². The molecule has 0 amide bonds. The van der Waals surface area contributed by atoms with Crippen LogP contribution in [0.15, 0.2) is 53.3 Å². The van der Waals surface area contributed by atoms with Gasteiger partial charge in [-0.05, 0) is 35.9 Å². The van der Waals surface area contributed by atoms with Gasteiger partial charge in [0.2, 0.25) is 0 Å². The number of nitro benzene ring substituents is 1. The van der Waals surface area contributed by atoms with E-state index in [4.69, 9.17) is 11.6 Å². The average Bonchev–Trinajstić information content (AvgIpc) is 2.94. The molecular formula is C18H11ClN2O4S. The summed E-state index contributed by atoms with van der Waals surface area (Å²) in [6.45, 7) is 0. The minimum absolute atomic E-state index is 0.0263. The van der Waals surface area contributed by atoms with Crippen LogP contribution in [0.25, 0.3) is 12.2 Å². The zero-order valence-corrected chi connectivity index (χ0v) is 14.7. The maximum absolute atomic E-state index is 12.3. The third kappa shape index (κ3) is 3.96. The number of halogens is 1. The quantitative estimate of drug-likeness (QED) is 0.423. The predicted molar refractivity (Wildman–Crippen MR) is 101 cm³/mol. The van der Waals surface area contributed by atoms with Gasteiger partial charge in [-0.15, -0.1) is 11.3 Å². The largest absolute Gasteiger partial charge is 0.313 e. The van der Waals surface area contributed by atoms with Crippen molar-refractivity contribution < 1.29 is 9.72 Å². The van der Waals surface area contributed by atoms with Crippen LogP contribution in [-0.2, 0) is 0 Å². The number of rotatable bonds is 4. The molecule has 0 saturated heterocycles. The van der Waals surface area contributed by atoms with Crippen molar-refractivity contribution in [2.45, 2.75) is 0 Å². The van der Waals surface area contributed by atoms with Gasteiger partial charge in [0.1, 0.15) is 0 Å². The monoisotopic (exact) mass is 386 g/mol. The first-order chi connectivity index (χ1) is 12.4. The maximum atomic E-state index is 12.3. The molecule has 26 heavy (non-hydrogen) atoms. The molecule has 1 N–H and O–H groups in total. The van der Waals surface area contributed by atoms with Crippen molar-refractivity contribution in [1.29, 1.82) is 0 Å². The van der Waals surface area contributed by atoms with Gasteiger partial charge >= 0.3 is 0 Å². The summed E-state index contributed by atoms with van der Waals surface area (Å²) in [5, 5.41) is 11.0. The Morgan fingerprint density at radius 3 is 2.50 bits per heavy atom. The lowest BCUT2D eigenvalue weighted by Gasteiger charge is -1.97. The molecular weight excluding hydrogens is 376 g/mol. The van der Waals surface area contributed by atoms with Gasteiger partial charge in [-0.3, -0.25) is 19.7 Å². The summed E-state index contributed by atoms with van der Waals surface area (Å²) in [6, 6.07) is 12.5. The number of Topliss-reactive ketones (excluding diaryl/α,β-unsaturated/α-hetero) is 1. The fraction of sp³-hybridized carbons (Fsp3) is 0. The topological polar surface area (TPSA) is 93.1 Å². The highest BCUT2D eigenvalue weighted by molar-refractivity contribution is 7.07. The Balaban J connectivity index is 1.96. The van der Waals surface area contributed by atoms with Gasteiger partial charge in [0.05, 0.1) is 19.1 Å². The Hall–Kier alpha value is -3.03. The van der Waals surface area contributed by atoms with Crippen molar-refractivity contribution in [3.8, 4) is 0 Å². The number of hydrogen-bond donors (Lipinski definition) is 1. The van der Waals surface area contributed by atoms with E-state index in [-0.39, 0.29) is 17.0 Å². The van der Waals surface area contributed by atoms with Crippen molar-refractivity contribution in [3.63, 3.8) is 0 Å². The molecule has 0 bridgehead atoms. The summed E-state index contributed by atoms with van der Waals surface area (Å²) < 4.78 is 0.783. The SMILES string of the molecule is O=C(/C=c1/[nH]c(=O)/c(=C/c2ccc([N+](=O)[O-])cc2)s1)c1ccccc1Cl. The molecule has 0 atom stereocenters. The molecule has 0 radical (unpaired) electrons. The Labute approximate surface area is 155 Å². The number of benzene rings is 2. The van der Waals surface area contributed by atoms with Crippen LogP contribution in [0.4, 0.5) is 5.69 Å². The Morgan fingerprint density at radius 1 is 1.15 bits per heavy atom. The fourth-order valence-corrected chi connectivity index (χ4v) is 3.34. The fourth-order valence-electron chi connectivity index (χ4n) is 2.23. The Morgan fingerprint density at radius 2 is 1.85 bits per heavy atom. The number of ketones is 1. The molecule has 0 saturated carbocycles. The van der Waals surface area contributed by atoms with Crippen molar-refractivity contribution in [2.24, 2.45) is 0 Å². The molecule has 8 heteroatoms. The van der Waals surface area contributed by atoms with E-state index in [0.29, 0.717) is 25.3 Å². The number of carbonyl (C=O) groups is 1. The molecule has 6 nitrogen and oxygen atoms in total. The second-order valence-corrected chi connectivity index (χ2v) is 6.76. The van der Waals surface area contributed by atoms with E-state index in [0.717, 1.165) is 11.3 Å². The molecule has 0 spiro atoms. The number of thiazole rings is 1. The van der Waals surface area contributed by atoms with Gasteiger partial charge in [-0.25, -0.2) is 0 Å².